The lowest BCUT2D eigenvalue weighted by Gasteiger charge is -2.10. The Kier molecular flexibility index (Phi) is 6.50. The fourth-order valence-electron chi connectivity index (χ4n) is 2.46. The molecule has 2 aromatic carbocycles. The normalized spacial score (nSPS) is 10.5. The molecule has 0 aliphatic rings. The number of halogens is 1. The van der Waals surface area contributed by atoms with Gasteiger partial charge in [-0.2, -0.15) is 10.4 Å². The van der Waals surface area contributed by atoms with Crippen LogP contribution in [0.2, 0.25) is 0 Å². The maximum absolute atomic E-state index is 11.1. The molecule has 0 bridgehead atoms. The minimum absolute atomic E-state index is 0.0363. The summed E-state index contributed by atoms with van der Waals surface area (Å²) in [4.78, 5) is 14.4. The number of benzene rings is 2. The zero-order valence-electron chi connectivity index (χ0n) is 14.9. The molecule has 0 radical (unpaired) electrons. The Hall–Kier alpha value is -3.77. The zero-order chi connectivity index (χ0) is 20.6. The van der Waals surface area contributed by atoms with Crippen LogP contribution in [-0.4, -0.2) is 16.1 Å². The molecule has 0 spiro atoms. The fraction of sp³-hybridized carbons (Fsp3) is 0.0500. The summed E-state index contributed by atoms with van der Waals surface area (Å²) < 4.78 is 6.68. The summed E-state index contributed by atoms with van der Waals surface area (Å²) in [7, 11) is 0. The van der Waals surface area contributed by atoms with E-state index in [9.17, 15) is 15.4 Å². The van der Waals surface area contributed by atoms with Gasteiger partial charge in [-0.3, -0.25) is 15.5 Å². The summed E-state index contributed by atoms with van der Waals surface area (Å²) in [5.41, 5.74) is 4.36. The standard InChI is InChI=1S/C20H14BrN5O3/c21-17-7-8-19(29-13-15-5-2-1-4-14(15)11-22)16(10-17)12-24-25-20-18(26(27)28)6-3-9-23-20/h1-10,12H,13H2,(H,23,25)/b24-12+. The highest BCUT2D eigenvalue weighted by Crippen LogP contribution is 2.24. The number of hydrazone groups is 1. The SMILES string of the molecule is N#Cc1ccccc1COc1ccc(Br)cc1/C=N/Nc1ncccc1[N+](=O)[O-]. The summed E-state index contributed by atoms with van der Waals surface area (Å²) in [6.07, 6.45) is 2.92. The topological polar surface area (TPSA) is 113 Å². The minimum Gasteiger partial charge on any atom is -0.488 e. The van der Waals surface area contributed by atoms with E-state index in [1.54, 1.807) is 24.3 Å². The smallest absolute Gasteiger partial charge is 0.313 e. The number of nitro groups is 1. The number of rotatable bonds is 7. The first-order chi connectivity index (χ1) is 14.1. The van der Waals surface area contributed by atoms with Gasteiger partial charge in [0.25, 0.3) is 0 Å². The molecule has 29 heavy (non-hydrogen) atoms. The predicted octanol–water partition coefficient (Wildman–Crippen LogP) is 4.65. The third-order valence-electron chi connectivity index (χ3n) is 3.85. The van der Waals surface area contributed by atoms with Crippen LogP contribution in [0.5, 0.6) is 5.75 Å². The molecule has 0 aliphatic carbocycles. The average Bonchev–Trinajstić information content (AvgIpc) is 2.73. The summed E-state index contributed by atoms with van der Waals surface area (Å²) in [6, 6.07) is 17.5. The highest BCUT2D eigenvalue weighted by Gasteiger charge is 2.13. The monoisotopic (exact) mass is 451 g/mol. The zero-order valence-corrected chi connectivity index (χ0v) is 16.5. The fourth-order valence-corrected chi connectivity index (χ4v) is 2.83. The summed E-state index contributed by atoms with van der Waals surface area (Å²) >= 11 is 3.40. The minimum atomic E-state index is -0.537. The van der Waals surface area contributed by atoms with Crippen molar-refractivity contribution in [1.82, 2.24) is 4.98 Å². The van der Waals surface area contributed by atoms with Gasteiger partial charge in [0.2, 0.25) is 5.82 Å². The molecule has 1 N–H and O–H groups in total. The van der Waals surface area contributed by atoms with Crippen molar-refractivity contribution in [2.45, 2.75) is 6.61 Å². The molecule has 8 nitrogen and oxygen atoms in total. The lowest BCUT2D eigenvalue weighted by molar-refractivity contribution is -0.384. The maximum atomic E-state index is 11.1. The van der Waals surface area contributed by atoms with Gasteiger partial charge < -0.3 is 4.74 Å². The number of hydrogen-bond donors (Lipinski definition) is 1. The van der Waals surface area contributed by atoms with E-state index in [0.717, 1.165) is 10.0 Å². The largest absolute Gasteiger partial charge is 0.488 e. The molecule has 0 saturated heterocycles. The highest BCUT2D eigenvalue weighted by atomic mass is 79.9. The summed E-state index contributed by atoms with van der Waals surface area (Å²) in [5.74, 6) is 0.580. The Balaban J connectivity index is 1.78. The van der Waals surface area contributed by atoms with Gasteiger partial charge in [0.15, 0.2) is 0 Å². The number of hydrogen-bond acceptors (Lipinski definition) is 7. The first-order valence-electron chi connectivity index (χ1n) is 8.37. The van der Waals surface area contributed by atoms with Crippen molar-refractivity contribution in [3.8, 4) is 11.8 Å². The number of ether oxygens (including phenoxy) is 1. The van der Waals surface area contributed by atoms with Crippen molar-refractivity contribution in [2.24, 2.45) is 5.10 Å². The third-order valence-corrected chi connectivity index (χ3v) is 4.34. The van der Waals surface area contributed by atoms with Crippen molar-refractivity contribution >= 4 is 33.6 Å². The van der Waals surface area contributed by atoms with E-state index in [2.05, 4.69) is 37.5 Å². The number of anilines is 1. The molecule has 3 rings (SSSR count). The summed E-state index contributed by atoms with van der Waals surface area (Å²) in [5, 5.41) is 24.3. The second kappa shape index (κ2) is 9.43. The van der Waals surface area contributed by atoms with Gasteiger partial charge in [0.05, 0.1) is 22.8 Å². The first kappa shape index (κ1) is 20.0. The second-order valence-corrected chi connectivity index (χ2v) is 6.65. The lowest BCUT2D eigenvalue weighted by Crippen LogP contribution is -2.02. The molecule has 9 heteroatoms. The van der Waals surface area contributed by atoms with Crippen molar-refractivity contribution in [3.63, 3.8) is 0 Å². The number of aromatic nitrogens is 1. The number of nitriles is 1. The molecule has 0 aliphatic heterocycles. The molecule has 0 saturated carbocycles. The van der Waals surface area contributed by atoms with Crippen LogP contribution < -0.4 is 10.2 Å². The van der Waals surface area contributed by atoms with Gasteiger partial charge in [-0.05, 0) is 30.3 Å². The van der Waals surface area contributed by atoms with E-state index in [0.29, 0.717) is 16.9 Å². The van der Waals surface area contributed by atoms with Crippen LogP contribution in [0.25, 0.3) is 0 Å². The van der Waals surface area contributed by atoms with Gasteiger partial charge in [-0.1, -0.05) is 34.1 Å². The van der Waals surface area contributed by atoms with E-state index in [-0.39, 0.29) is 18.1 Å². The molecule has 3 aromatic rings. The number of pyridine rings is 1. The van der Waals surface area contributed by atoms with Crippen molar-refractivity contribution in [1.29, 1.82) is 5.26 Å². The molecular formula is C20H14BrN5O3. The molecule has 1 heterocycles. The van der Waals surface area contributed by atoms with E-state index in [1.807, 2.05) is 18.2 Å². The molecule has 0 fully saturated rings. The Bertz CT molecular complexity index is 1110. The lowest BCUT2D eigenvalue weighted by atomic mass is 10.1. The molecule has 144 valence electrons. The predicted molar refractivity (Wildman–Crippen MR) is 112 cm³/mol. The average molecular weight is 452 g/mol. The van der Waals surface area contributed by atoms with Gasteiger partial charge >= 0.3 is 5.69 Å². The Labute approximate surface area is 174 Å². The molecule has 0 unspecified atom stereocenters. The number of nitrogens with zero attached hydrogens (tertiary/aromatic N) is 4. The quantitative estimate of drug-likeness (QED) is 0.317. The van der Waals surface area contributed by atoms with Crippen LogP contribution in [0.15, 0.2) is 70.4 Å². The van der Waals surface area contributed by atoms with Crippen molar-refractivity contribution in [3.05, 3.63) is 92.1 Å². The van der Waals surface area contributed by atoms with E-state index < -0.39 is 4.92 Å². The Morgan fingerprint density at radius 3 is 2.90 bits per heavy atom. The van der Waals surface area contributed by atoms with Crippen LogP contribution in [0.3, 0.4) is 0 Å². The van der Waals surface area contributed by atoms with Crippen LogP contribution >= 0.6 is 15.9 Å². The maximum Gasteiger partial charge on any atom is 0.313 e. The van der Waals surface area contributed by atoms with Crippen LogP contribution in [-0.2, 0) is 6.61 Å². The molecular weight excluding hydrogens is 438 g/mol. The first-order valence-corrected chi connectivity index (χ1v) is 9.16. The molecule has 0 amide bonds. The van der Waals surface area contributed by atoms with Crippen LogP contribution in [0.1, 0.15) is 16.7 Å². The van der Waals surface area contributed by atoms with Crippen LogP contribution in [0.4, 0.5) is 11.5 Å². The van der Waals surface area contributed by atoms with E-state index >= 15 is 0 Å². The van der Waals surface area contributed by atoms with Gasteiger partial charge in [-0.15, -0.1) is 0 Å². The van der Waals surface area contributed by atoms with Gasteiger partial charge in [0, 0.05) is 27.9 Å². The number of nitrogens with one attached hydrogen (secondary N) is 1. The molecule has 1 aromatic heterocycles. The van der Waals surface area contributed by atoms with Crippen molar-refractivity contribution in [2.75, 3.05) is 5.43 Å². The Morgan fingerprint density at radius 1 is 1.28 bits per heavy atom. The van der Waals surface area contributed by atoms with E-state index in [4.69, 9.17) is 4.74 Å². The van der Waals surface area contributed by atoms with Crippen LogP contribution in [0, 0.1) is 21.4 Å². The Morgan fingerprint density at radius 2 is 2.10 bits per heavy atom. The van der Waals surface area contributed by atoms with Gasteiger partial charge in [0.1, 0.15) is 12.4 Å². The van der Waals surface area contributed by atoms with Gasteiger partial charge in [-0.25, -0.2) is 4.98 Å². The second-order valence-electron chi connectivity index (χ2n) is 5.74. The molecule has 0 atom stereocenters. The van der Waals surface area contributed by atoms with E-state index in [1.165, 1.54) is 24.5 Å². The third kappa shape index (κ3) is 5.15. The summed E-state index contributed by atoms with van der Waals surface area (Å²) in [6.45, 7) is 0.214. The highest BCUT2D eigenvalue weighted by molar-refractivity contribution is 9.10. The van der Waals surface area contributed by atoms with Crippen molar-refractivity contribution < 1.29 is 9.66 Å².